The summed E-state index contributed by atoms with van der Waals surface area (Å²) < 4.78 is 12.8. The molecule has 0 atom stereocenters. The van der Waals surface area contributed by atoms with Crippen molar-refractivity contribution in [3.63, 3.8) is 0 Å². The van der Waals surface area contributed by atoms with Gasteiger partial charge in [-0.05, 0) is 54.3 Å². The molecule has 0 aliphatic carbocycles. The van der Waals surface area contributed by atoms with E-state index in [-0.39, 0.29) is 6.61 Å². The van der Waals surface area contributed by atoms with Crippen LogP contribution in [0.2, 0.25) is 5.02 Å². The predicted octanol–water partition coefficient (Wildman–Crippen LogP) is 5.00. The van der Waals surface area contributed by atoms with Gasteiger partial charge in [0.15, 0.2) is 11.6 Å². The van der Waals surface area contributed by atoms with Crippen molar-refractivity contribution in [1.29, 1.82) is 0 Å². The summed E-state index contributed by atoms with van der Waals surface area (Å²) in [5, 5.41) is 13.5. The summed E-state index contributed by atoms with van der Waals surface area (Å²) in [4.78, 5) is 4.41. The molecule has 10 heteroatoms. The quantitative estimate of drug-likeness (QED) is 0.283. The molecule has 0 radical (unpaired) electrons. The van der Waals surface area contributed by atoms with E-state index in [1.807, 2.05) is 25.1 Å². The van der Waals surface area contributed by atoms with E-state index in [1.54, 1.807) is 12.1 Å². The predicted molar refractivity (Wildman–Crippen MR) is 124 cm³/mol. The molecule has 0 aliphatic rings. The Morgan fingerprint density at radius 2 is 1.94 bits per heavy atom. The number of hydrogen-bond acceptors (Lipinski definition) is 8. The number of nitrogens with zero attached hydrogens (tertiary/aromatic N) is 5. The molecular formula is C22H23ClN6O2S. The van der Waals surface area contributed by atoms with E-state index in [2.05, 4.69) is 46.3 Å². The van der Waals surface area contributed by atoms with Crippen LogP contribution < -0.4 is 10.6 Å². The second-order valence-corrected chi connectivity index (χ2v) is 8.94. The maximum Gasteiger partial charge on any atom is 0.257 e. The van der Waals surface area contributed by atoms with Crippen LogP contribution in [0.5, 0.6) is 5.75 Å². The fourth-order valence-electron chi connectivity index (χ4n) is 3.04. The zero-order chi connectivity index (χ0) is 22.7. The van der Waals surface area contributed by atoms with Crippen molar-refractivity contribution < 1.29 is 9.26 Å². The Balaban J connectivity index is 1.39. The van der Waals surface area contributed by atoms with Crippen LogP contribution in [0.15, 0.2) is 52.1 Å². The zero-order valence-electron chi connectivity index (χ0n) is 17.9. The molecule has 0 spiro atoms. The second kappa shape index (κ2) is 9.62. The number of hydrogen-bond donors (Lipinski definition) is 1. The smallest absolute Gasteiger partial charge is 0.257 e. The summed E-state index contributed by atoms with van der Waals surface area (Å²) >= 11 is 7.29. The summed E-state index contributed by atoms with van der Waals surface area (Å²) in [5.74, 6) is 9.28. The van der Waals surface area contributed by atoms with E-state index in [9.17, 15) is 0 Å². The number of nitrogens with two attached hydrogens (primary N) is 1. The Hall–Kier alpha value is -3.04. The first-order chi connectivity index (χ1) is 15.4. The number of ether oxygens (including phenoxy) is 1. The van der Waals surface area contributed by atoms with Crippen LogP contribution in [0.4, 0.5) is 0 Å². The van der Waals surface area contributed by atoms with E-state index in [0.717, 1.165) is 22.4 Å². The molecule has 0 bridgehead atoms. The molecule has 2 aromatic carbocycles. The van der Waals surface area contributed by atoms with Gasteiger partial charge in [0.25, 0.3) is 5.89 Å². The summed E-state index contributed by atoms with van der Waals surface area (Å²) in [7, 11) is 0. The molecule has 0 saturated heterocycles. The Bertz CT molecular complexity index is 1210. The summed E-state index contributed by atoms with van der Waals surface area (Å²) in [6.07, 6.45) is 0. The van der Waals surface area contributed by atoms with Crippen LogP contribution in [0, 0.1) is 6.92 Å². The van der Waals surface area contributed by atoms with Crippen molar-refractivity contribution in [2.45, 2.75) is 44.2 Å². The lowest BCUT2D eigenvalue weighted by molar-refractivity contribution is 0.287. The highest BCUT2D eigenvalue weighted by molar-refractivity contribution is 7.98. The third-order valence-corrected chi connectivity index (χ3v) is 5.96. The molecule has 2 heterocycles. The van der Waals surface area contributed by atoms with Gasteiger partial charge in [-0.3, -0.25) is 0 Å². The van der Waals surface area contributed by atoms with Crippen LogP contribution in [0.3, 0.4) is 0 Å². The van der Waals surface area contributed by atoms with Crippen LogP contribution in [-0.4, -0.2) is 25.0 Å². The average Bonchev–Trinajstić information content (AvgIpc) is 3.38. The van der Waals surface area contributed by atoms with Crippen LogP contribution in [-0.2, 0) is 12.4 Å². The Morgan fingerprint density at radius 1 is 1.16 bits per heavy atom. The largest absolute Gasteiger partial charge is 0.485 e. The molecule has 2 N–H and O–H groups in total. The maximum atomic E-state index is 6.18. The highest BCUT2D eigenvalue weighted by Crippen LogP contribution is 2.28. The van der Waals surface area contributed by atoms with Gasteiger partial charge in [0.05, 0.1) is 5.75 Å². The van der Waals surface area contributed by atoms with Crippen molar-refractivity contribution >= 4 is 23.4 Å². The molecule has 0 fully saturated rings. The van der Waals surface area contributed by atoms with Gasteiger partial charge in [0.1, 0.15) is 12.4 Å². The summed E-state index contributed by atoms with van der Waals surface area (Å²) in [6, 6.07) is 13.4. The van der Waals surface area contributed by atoms with Crippen molar-refractivity contribution in [1.82, 2.24) is 25.0 Å². The number of halogens is 1. The lowest BCUT2D eigenvalue weighted by atomic mass is 10.0. The van der Waals surface area contributed by atoms with Gasteiger partial charge >= 0.3 is 0 Å². The van der Waals surface area contributed by atoms with Gasteiger partial charge in [-0.15, -0.1) is 10.2 Å². The van der Waals surface area contributed by atoms with Gasteiger partial charge in [-0.25, -0.2) is 4.68 Å². The minimum atomic E-state index is 0.218. The lowest BCUT2D eigenvalue weighted by Crippen LogP contribution is -2.16. The fraction of sp³-hybridized carbons (Fsp3) is 0.273. The van der Waals surface area contributed by atoms with E-state index >= 15 is 0 Å². The third kappa shape index (κ3) is 5.05. The van der Waals surface area contributed by atoms with Crippen LogP contribution in [0.25, 0.3) is 11.5 Å². The first-order valence-corrected chi connectivity index (χ1v) is 11.4. The number of aromatic nitrogens is 5. The first-order valence-electron chi connectivity index (χ1n) is 10.0. The van der Waals surface area contributed by atoms with Gasteiger partial charge in [0.2, 0.25) is 5.16 Å². The van der Waals surface area contributed by atoms with Gasteiger partial charge < -0.3 is 15.1 Å². The van der Waals surface area contributed by atoms with Crippen molar-refractivity contribution in [3.05, 3.63) is 70.3 Å². The minimum absolute atomic E-state index is 0.218. The normalized spacial score (nSPS) is 11.3. The molecule has 2 aromatic heterocycles. The first kappa shape index (κ1) is 22.2. The van der Waals surface area contributed by atoms with E-state index < -0.39 is 0 Å². The molecule has 8 nitrogen and oxygen atoms in total. The summed E-state index contributed by atoms with van der Waals surface area (Å²) in [5.41, 5.74) is 3.08. The number of thioether (sulfide) groups is 1. The zero-order valence-corrected chi connectivity index (χ0v) is 19.5. The standard InChI is InChI=1S/C22H23ClN6O2S/c1-13(2)17-9-4-14(3)10-18(17)30-11-20-26-27-22(29(20)24)32-12-19-25-21(31-28-19)15-5-7-16(23)8-6-15/h4-10,13H,11-12,24H2,1-3H3. The van der Waals surface area contributed by atoms with Gasteiger partial charge in [-0.2, -0.15) is 4.98 Å². The lowest BCUT2D eigenvalue weighted by Gasteiger charge is -2.14. The maximum absolute atomic E-state index is 6.18. The van der Waals surface area contributed by atoms with Gasteiger partial charge in [-0.1, -0.05) is 54.5 Å². The van der Waals surface area contributed by atoms with E-state index in [4.69, 9.17) is 26.7 Å². The fourth-order valence-corrected chi connectivity index (χ4v) is 3.89. The molecule has 0 saturated carbocycles. The molecular weight excluding hydrogens is 448 g/mol. The third-order valence-electron chi connectivity index (χ3n) is 4.77. The van der Waals surface area contributed by atoms with Crippen LogP contribution in [0.1, 0.15) is 42.5 Å². The highest BCUT2D eigenvalue weighted by atomic mass is 35.5. The second-order valence-electron chi connectivity index (χ2n) is 7.56. The summed E-state index contributed by atoms with van der Waals surface area (Å²) in [6.45, 7) is 6.52. The van der Waals surface area contributed by atoms with Crippen molar-refractivity contribution in [2.75, 3.05) is 5.84 Å². The van der Waals surface area contributed by atoms with Crippen molar-refractivity contribution in [2.24, 2.45) is 0 Å². The number of nitrogen functional groups attached to an aromatic ring is 1. The topological polar surface area (TPSA) is 105 Å². The molecule has 0 aliphatic heterocycles. The minimum Gasteiger partial charge on any atom is -0.485 e. The van der Waals surface area contributed by atoms with E-state index in [0.29, 0.717) is 39.4 Å². The average molecular weight is 471 g/mol. The van der Waals surface area contributed by atoms with Crippen LogP contribution >= 0.6 is 23.4 Å². The molecule has 4 aromatic rings. The van der Waals surface area contributed by atoms with E-state index in [1.165, 1.54) is 16.4 Å². The Morgan fingerprint density at radius 3 is 2.69 bits per heavy atom. The molecule has 32 heavy (non-hydrogen) atoms. The van der Waals surface area contributed by atoms with Crippen molar-refractivity contribution in [3.8, 4) is 17.2 Å². The molecule has 4 rings (SSSR count). The molecule has 166 valence electrons. The number of aryl methyl sites for hydroxylation is 1. The monoisotopic (exact) mass is 470 g/mol. The number of rotatable bonds is 8. The Kier molecular flexibility index (Phi) is 6.66. The molecule has 0 amide bonds. The number of benzene rings is 2. The Labute approximate surface area is 195 Å². The van der Waals surface area contributed by atoms with Gasteiger partial charge in [0, 0.05) is 10.6 Å². The SMILES string of the molecule is Cc1ccc(C(C)C)c(OCc2nnc(SCc3noc(-c4ccc(Cl)cc4)n3)n2N)c1. The molecule has 0 unspecified atom stereocenters. The highest BCUT2D eigenvalue weighted by Gasteiger charge is 2.15.